The quantitative estimate of drug-likeness (QED) is 0.380. The third-order valence-electron chi connectivity index (χ3n) is 4.93. The average molecular weight is 452 g/mol. The van der Waals surface area contributed by atoms with Crippen LogP contribution in [0.5, 0.6) is 0 Å². The van der Waals surface area contributed by atoms with Gasteiger partial charge >= 0.3 is 6.03 Å². The summed E-state index contributed by atoms with van der Waals surface area (Å²) in [6.07, 6.45) is 1.81. The number of anilines is 1. The van der Waals surface area contributed by atoms with E-state index in [1.165, 1.54) is 23.1 Å². The van der Waals surface area contributed by atoms with Gasteiger partial charge in [0.25, 0.3) is 5.91 Å². The maximum atomic E-state index is 12.6. The number of carbonyl (C=O) groups excluding carboxylic acids is 3. The molecule has 2 fully saturated rings. The zero-order valence-corrected chi connectivity index (χ0v) is 17.9. The summed E-state index contributed by atoms with van der Waals surface area (Å²) < 4.78 is 0.701. The Morgan fingerprint density at radius 1 is 1.34 bits per heavy atom. The summed E-state index contributed by atoms with van der Waals surface area (Å²) in [5, 5.41) is 14.3. The first-order valence-corrected chi connectivity index (χ1v) is 11.2. The molecular weight excluding hydrogens is 434 g/mol. The van der Waals surface area contributed by atoms with Gasteiger partial charge in [-0.25, -0.2) is 4.79 Å². The van der Waals surface area contributed by atoms with Crippen LogP contribution in [0, 0.1) is 5.92 Å². The van der Waals surface area contributed by atoms with Crippen molar-refractivity contribution in [2.45, 2.75) is 35.4 Å². The van der Waals surface area contributed by atoms with Crippen LogP contribution < -0.4 is 10.6 Å². The van der Waals surface area contributed by atoms with Gasteiger partial charge in [0.2, 0.25) is 11.0 Å². The van der Waals surface area contributed by atoms with Crippen molar-refractivity contribution >= 4 is 57.7 Å². The van der Waals surface area contributed by atoms with Gasteiger partial charge in [-0.2, -0.15) is 0 Å². The van der Waals surface area contributed by atoms with Crippen LogP contribution in [-0.4, -0.2) is 45.0 Å². The lowest BCUT2D eigenvalue weighted by Gasteiger charge is -2.20. The molecule has 1 atom stereocenters. The van der Waals surface area contributed by atoms with Gasteiger partial charge in [-0.15, -0.1) is 10.2 Å². The van der Waals surface area contributed by atoms with E-state index in [0.29, 0.717) is 20.2 Å². The first-order chi connectivity index (χ1) is 13.8. The zero-order valence-electron chi connectivity index (χ0n) is 15.5. The summed E-state index contributed by atoms with van der Waals surface area (Å²) >= 11 is 8.61. The van der Waals surface area contributed by atoms with Gasteiger partial charge in [0.05, 0.1) is 0 Å². The SMILES string of the molecule is CC1(C2CC2)NC(=O)N(CC(=O)Nc2nnc(SCc3ccc(Cl)cc3)s2)C1=O. The normalized spacial score (nSPS) is 21.4. The topological polar surface area (TPSA) is 104 Å². The molecule has 4 amide bonds. The van der Waals surface area contributed by atoms with Crippen LogP contribution in [0.15, 0.2) is 28.6 Å². The van der Waals surface area contributed by atoms with Crippen LogP contribution in [-0.2, 0) is 15.3 Å². The predicted octanol–water partition coefficient (Wildman–Crippen LogP) is 3.14. The van der Waals surface area contributed by atoms with Crippen molar-refractivity contribution < 1.29 is 14.4 Å². The minimum Gasteiger partial charge on any atom is -0.323 e. The van der Waals surface area contributed by atoms with Crippen molar-refractivity contribution in [2.24, 2.45) is 5.92 Å². The smallest absolute Gasteiger partial charge is 0.323 e. The van der Waals surface area contributed by atoms with Crippen molar-refractivity contribution in [3.05, 3.63) is 34.9 Å². The zero-order chi connectivity index (χ0) is 20.6. The molecule has 2 heterocycles. The molecule has 0 radical (unpaired) electrons. The molecule has 2 aliphatic rings. The second-order valence-corrected chi connectivity index (χ2v) is 9.77. The van der Waals surface area contributed by atoms with Crippen LogP contribution in [0.4, 0.5) is 9.93 Å². The van der Waals surface area contributed by atoms with Crippen LogP contribution in [0.1, 0.15) is 25.3 Å². The third-order valence-corrected chi connectivity index (χ3v) is 7.22. The molecule has 152 valence electrons. The largest absolute Gasteiger partial charge is 0.325 e. The predicted molar refractivity (Wildman–Crippen MR) is 111 cm³/mol. The number of nitrogens with one attached hydrogen (secondary N) is 2. The first kappa shape index (κ1) is 20.1. The van der Waals surface area contributed by atoms with Crippen LogP contribution in [0.3, 0.4) is 0 Å². The van der Waals surface area contributed by atoms with Crippen LogP contribution in [0.2, 0.25) is 5.02 Å². The van der Waals surface area contributed by atoms with Gasteiger partial charge in [0.1, 0.15) is 12.1 Å². The molecule has 1 aliphatic carbocycles. The molecule has 29 heavy (non-hydrogen) atoms. The first-order valence-electron chi connectivity index (χ1n) is 9.00. The lowest BCUT2D eigenvalue weighted by Crippen LogP contribution is -2.46. The van der Waals surface area contributed by atoms with E-state index in [0.717, 1.165) is 23.3 Å². The van der Waals surface area contributed by atoms with E-state index in [2.05, 4.69) is 20.8 Å². The van der Waals surface area contributed by atoms with Crippen LogP contribution >= 0.6 is 34.7 Å². The maximum Gasteiger partial charge on any atom is 0.325 e. The standard InChI is InChI=1S/C18H18ClN5O3S2/c1-18(11-4-5-11)14(26)24(16(27)21-18)8-13(25)20-15-22-23-17(29-15)28-9-10-2-6-12(19)7-3-10/h2-3,6-7,11H,4-5,8-9H2,1H3,(H,21,27)(H,20,22,25). The van der Waals surface area contributed by atoms with Gasteiger partial charge in [-0.3, -0.25) is 19.8 Å². The van der Waals surface area contributed by atoms with Crippen molar-refractivity contribution in [2.75, 3.05) is 11.9 Å². The van der Waals surface area contributed by atoms with E-state index in [1.807, 2.05) is 24.3 Å². The van der Waals surface area contributed by atoms with Gasteiger partial charge in [0, 0.05) is 10.8 Å². The summed E-state index contributed by atoms with van der Waals surface area (Å²) in [6, 6.07) is 7.00. The number of nitrogens with zero attached hydrogens (tertiary/aromatic N) is 3. The second-order valence-electron chi connectivity index (χ2n) is 7.13. The molecule has 1 saturated carbocycles. The minimum atomic E-state index is -0.897. The van der Waals surface area contributed by atoms with Crippen LogP contribution in [0.25, 0.3) is 0 Å². The Balaban J connectivity index is 1.30. The second kappa shape index (κ2) is 7.92. The monoisotopic (exact) mass is 451 g/mol. The molecule has 4 rings (SSSR count). The van der Waals surface area contributed by atoms with Crippen molar-refractivity contribution in [3.63, 3.8) is 0 Å². The summed E-state index contributed by atoms with van der Waals surface area (Å²) in [6.45, 7) is 1.37. The number of urea groups is 1. The number of amides is 4. The number of halogens is 1. The molecule has 0 bridgehead atoms. The molecular formula is C18H18ClN5O3S2. The van der Waals surface area contributed by atoms with E-state index in [-0.39, 0.29) is 18.4 Å². The number of imide groups is 1. The lowest BCUT2D eigenvalue weighted by atomic mass is 9.96. The molecule has 1 aromatic carbocycles. The summed E-state index contributed by atoms with van der Waals surface area (Å²) in [5.41, 5.74) is 0.198. The van der Waals surface area contributed by atoms with Gasteiger partial charge in [0.15, 0.2) is 4.34 Å². The molecule has 1 saturated heterocycles. The Kier molecular flexibility index (Phi) is 5.50. The van der Waals surface area contributed by atoms with E-state index >= 15 is 0 Å². The number of rotatable bonds is 7. The molecule has 2 N–H and O–H groups in total. The highest BCUT2D eigenvalue weighted by Gasteiger charge is 2.56. The number of hydrogen-bond donors (Lipinski definition) is 2. The molecule has 8 nitrogen and oxygen atoms in total. The highest BCUT2D eigenvalue weighted by atomic mass is 35.5. The molecule has 11 heteroatoms. The van der Waals surface area contributed by atoms with E-state index in [4.69, 9.17) is 11.6 Å². The Labute approximate surface area is 180 Å². The molecule has 1 aliphatic heterocycles. The minimum absolute atomic E-state index is 0.149. The van der Waals surface area contributed by atoms with Gasteiger partial charge < -0.3 is 5.32 Å². The fourth-order valence-electron chi connectivity index (χ4n) is 3.14. The fraction of sp³-hybridized carbons (Fsp3) is 0.389. The number of carbonyl (C=O) groups is 3. The van der Waals surface area contributed by atoms with E-state index < -0.39 is 17.5 Å². The molecule has 1 aromatic heterocycles. The highest BCUT2D eigenvalue weighted by molar-refractivity contribution is 8.00. The summed E-state index contributed by atoms with van der Waals surface area (Å²) in [4.78, 5) is 38.0. The Morgan fingerprint density at radius 3 is 2.76 bits per heavy atom. The highest BCUT2D eigenvalue weighted by Crippen LogP contribution is 2.42. The maximum absolute atomic E-state index is 12.6. The van der Waals surface area contributed by atoms with E-state index in [1.54, 1.807) is 6.92 Å². The average Bonchev–Trinajstić information content (AvgIpc) is 3.42. The van der Waals surface area contributed by atoms with Crippen molar-refractivity contribution in [1.29, 1.82) is 0 Å². The number of benzene rings is 1. The number of aromatic nitrogens is 2. The van der Waals surface area contributed by atoms with Gasteiger partial charge in [-0.1, -0.05) is 46.8 Å². The van der Waals surface area contributed by atoms with Crippen molar-refractivity contribution in [1.82, 2.24) is 20.4 Å². The third kappa shape index (κ3) is 4.39. The fourth-order valence-corrected chi connectivity index (χ4v) is 4.99. The Bertz CT molecular complexity index is 963. The van der Waals surface area contributed by atoms with E-state index in [9.17, 15) is 14.4 Å². The Morgan fingerprint density at radius 2 is 2.07 bits per heavy atom. The molecule has 2 aromatic rings. The number of thioether (sulfide) groups is 1. The lowest BCUT2D eigenvalue weighted by molar-refractivity contribution is -0.134. The van der Waals surface area contributed by atoms with Gasteiger partial charge in [-0.05, 0) is 43.4 Å². The number of hydrogen-bond acceptors (Lipinski definition) is 7. The molecule has 1 unspecified atom stereocenters. The summed E-state index contributed by atoms with van der Waals surface area (Å²) in [5.74, 6) is 0.00746. The van der Waals surface area contributed by atoms with Crippen molar-refractivity contribution in [3.8, 4) is 0 Å². The Hall–Kier alpha value is -2.17. The summed E-state index contributed by atoms with van der Waals surface area (Å²) in [7, 11) is 0. The molecule has 0 spiro atoms.